The Hall–Kier alpha value is -3.61. The van der Waals surface area contributed by atoms with Gasteiger partial charge < -0.3 is 20.1 Å². The fourth-order valence-electron chi connectivity index (χ4n) is 4.80. The maximum atomic E-state index is 12.1. The molecule has 0 radical (unpaired) electrons. The third kappa shape index (κ3) is 4.50. The van der Waals surface area contributed by atoms with Crippen molar-refractivity contribution >= 4 is 39.9 Å². The summed E-state index contributed by atoms with van der Waals surface area (Å²) in [5.41, 5.74) is 8.69. The van der Waals surface area contributed by atoms with Crippen LogP contribution in [0.5, 0.6) is 0 Å². The van der Waals surface area contributed by atoms with Crippen molar-refractivity contribution in [3.8, 4) is 22.4 Å². The molecule has 1 fully saturated rings. The molecule has 2 aromatic heterocycles. The molecule has 1 aliphatic rings. The number of carbonyl (C=O) groups is 1. The van der Waals surface area contributed by atoms with Crippen LogP contribution in [0.3, 0.4) is 0 Å². The van der Waals surface area contributed by atoms with Gasteiger partial charge in [0.05, 0.1) is 10.7 Å². The van der Waals surface area contributed by atoms with E-state index in [1.165, 1.54) is 11.8 Å². The highest BCUT2D eigenvalue weighted by atomic mass is 35.5. The number of rotatable bonds is 5. The molecule has 2 N–H and O–H groups in total. The highest BCUT2D eigenvalue weighted by Crippen LogP contribution is 2.42. The molecule has 0 saturated carbocycles. The van der Waals surface area contributed by atoms with Gasteiger partial charge in [0, 0.05) is 54.7 Å². The summed E-state index contributed by atoms with van der Waals surface area (Å²) in [6.07, 6.45) is 2.99. The van der Waals surface area contributed by atoms with E-state index in [4.69, 9.17) is 11.6 Å². The summed E-state index contributed by atoms with van der Waals surface area (Å²) in [5.74, 6) is -0.243. The average Bonchev–Trinajstić information content (AvgIpc) is 3.28. The molecule has 7 heteroatoms. The van der Waals surface area contributed by atoms with Gasteiger partial charge in [0.25, 0.3) is 0 Å². The first-order valence-electron chi connectivity index (χ1n) is 12.1. The molecular weight excluding hydrogens is 470 g/mol. The molecule has 3 heterocycles. The van der Waals surface area contributed by atoms with E-state index in [2.05, 4.69) is 69.0 Å². The van der Waals surface area contributed by atoms with Crippen molar-refractivity contribution in [2.24, 2.45) is 0 Å². The second-order valence-electron chi connectivity index (χ2n) is 9.39. The van der Waals surface area contributed by atoms with E-state index in [9.17, 15) is 4.79 Å². The standard InChI is InChI=1S/C29H30ClN5O/c1-5-25(36)32-24-17-21(16-18(2)19(24)3)26-27-23(30)10-11-31-29(27)33-28(26)20-6-8-22(9-7-20)35-14-12-34(4)13-15-35/h5-11,16-17H,1,12-15H2,2-4H3,(H,31,33)(H,32,36). The highest BCUT2D eigenvalue weighted by molar-refractivity contribution is 6.36. The Morgan fingerprint density at radius 2 is 1.81 bits per heavy atom. The van der Waals surface area contributed by atoms with E-state index in [1.54, 1.807) is 6.20 Å². The molecule has 0 aliphatic carbocycles. The number of carbonyl (C=O) groups excluding carboxylic acids is 1. The Bertz CT molecular complexity index is 1450. The van der Waals surface area contributed by atoms with Crippen LogP contribution in [0, 0.1) is 13.8 Å². The zero-order valence-electron chi connectivity index (χ0n) is 20.9. The van der Waals surface area contributed by atoms with Gasteiger partial charge in [-0.15, -0.1) is 0 Å². The van der Waals surface area contributed by atoms with Crippen molar-refractivity contribution in [1.29, 1.82) is 0 Å². The van der Waals surface area contributed by atoms with Gasteiger partial charge in [0.2, 0.25) is 5.91 Å². The molecule has 36 heavy (non-hydrogen) atoms. The normalized spacial score (nSPS) is 14.3. The summed E-state index contributed by atoms with van der Waals surface area (Å²) < 4.78 is 0. The quantitative estimate of drug-likeness (QED) is 0.328. The number of aryl methyl sites for hydroxylation is 1. The minimum absolute atomic E-state index is 0.243. The Morgan fingerprint density at radius 1 is 1.08 bits per heavy atom. The second-order valence-corrected chi connectivity index (χ2v) is 9.79. The van der Waals surface area contributed by atoms with Crippen LogP contribution >= 0.6 is 11.6 Å². The van der Waals surface area contributed by atoms with Gasteiger partial charge in [-0.25, -0.2) is 4.98 Å². The molecule has 5 rings (SSSR count). The minimum Gasteiger partial charge on any atom is -0.369 e. The summed E-state index contributed by atoms with van der Waals surface area (Å²) >= 11 is 6.72. The number of fused-ring (bicyclic) bond motifs is 1. The smallest absolute Gasteiger partial charge is 0.247 e. The van der Waals surface area contributed by atoms with Gasteiger partial charge in [-0.2, -0.15) is 0 Å². The number of hydrogen-bond donors (Lipinski definition) is 2. The van der Waals surface area contributed by atoms with Gasteiger partial charge in [0.15, 0.2) is 0 Å². The first-order chi connectivity index (χ1) is 17.4. The number of aromatic amines is 1. The summed E-state index contributed by atoms with van der Waals surface area (Å²) in [6, 6.07) is 14.6. The zero-order valence-corrected chi connectivity index (χ0v) is 21.6. The molecule has 2 aromatic carbocycles. The van der Waals surface area contributed by atoms with Gasteiger partial charge in [-0.1, -0.05) is 36.4 Å². The van der Waals surface area contributed by atoms with Gasteiger partial charge in [-0.05, 0) is 73.5 Å². The van der Waals surface area contributed by atoms with Crippen molar-refractivity contribution in [2.75, 3.05) is 43.4 Å². The largest absolute Gasteiger partial charge is 0.369 e. The summed E-state index contributed by atoms with van der Waals surface area (Å²) in [5, 5.41) is 4.44. The Balaban J connectivity index is 1.63. The fraction of sp³-hybridized carbons (Fsp3) is 0.241. The monoisotopic (exact) mass is 499 g/mol. The number of aromatic nitrogens is 2. The van der Waals surface area contributed by atoms with Crippen molar-refractivity contribution < 1.29 is 4.79 Å². The third-order valence-corrected chi connectivity index (χ3v) is 7.38. The SMILES string of the molecule is C=CC(=O)Nc1cc(-c2c(-c3ccc(N4CCN(C)CC4)cc3)[nH]c3nccc(Cl)c23)cc(C)c1C. The van der Waals surface area contributed by atoms with Crippen molar-refractivity contribution in [3.63, 3.8) is 0 Å². The van der Waals surface area contributed by atoms with Crippen molar-refractivity contribution in [1.82, 2.24) is 14.9 Å². The van der Waals surface area contributed by atoms with Gasteiger partial charge in [-0.3, -0.25) is 4.79 Å². The van der Waals surface area contributed by atoms with Crippen LogP contribution in [0.2, 0.25) is 5.02 Å². The van der Waals surface area contributed by atoms with E-state index < -0.39 is 0 Å². The Kier molecular flexibility index (Phi) is 6.56. The zero-order chi connectivity index (χ0) is 25.4. The van der Waals surface area contributed by atoms with E-state index in [0.29, 0.717) is 5.02 Å². The lowest BCUT2D eigenvalue weighted by molar-refractivity contribution is -0.111. The van der Waals surface area contributed by atoms with E-state index in [1.807, 2.05) is 26.0 Å². The maximum absolute atomic E-state index is 12.1. The minimum atomic E-state index is -0.243. The van der Waals surface area contributed by atoms with Gasteiger partial charge >= 0.3 is 0 Å². The molecule has 1 saturated heterocycles. The molecule has 0 spiro atoms. The summed E-state index contributed by atoms with van der Waals surface area (Å²) in [6.45, 7) is 11.8. The molecule has 6 nitrogen and oxygen atoms in total. The van der Waals surface area contributed by atoms with Crippen LogP contribution in [-0.2, 0) is 4.79 Å². The summed E-state index contributed by atoms with van der Waals surface area (Å²) in [7, 11) is 2.16. The van der Waals surface area contributed by atoms with Crippen molar-refractivity contribution in [2.45, 2.75) is 13.8 Å². The highest BCUT2D eigenvalue weighted by Gasteiger charge is 2.21. The third-order valence-electron chi connectivity index (χ3n) is 7.07. The number of nitrogens with one attached hydrogen (secondary N) is 2. The lowest BCUT2D eigenvalue weighted by Gasteiger charge is -2.34. The Morgan fingerprint density at radius 3 is 2.50 bits per heavy atom. The molecular formula is C29H30ClN5O. The van der Waals surface area contributed by atoms with E-state index >= 15 is 0 Å². The number of H-pyrrole nitrogens is 1. The average molecular weight is 500 g/mol. The topological polar surface area (TPSA) is 64.3 Å². The number of piperazine rings is 1. The molecule has 1 amide bonds. The predicted molar refractivity (Wildman–Crippen MR) is 150 cm³/mol. The lowest BCUT2D eigenvalue weighted by Crippen LogP contribution is -2.44. The number of hydrogen-bond acceptors (Lipinski definition) is 4. The first kappa shape index (κ1) is 24.1. The number of nitrogens with zero attached hydrogens (tertiary/aromatic N) is 3. The number of likely N-dealkylation sites (N-methyl/N-ethyl adjacent to an activating group) is 1. The molecule has 4 aromatic rings. The summed E-state index contributed by atoms with van der Waals surface area (Å²) in [4.78, 5) is 25.0. The van der Waals surface area contributed by atoms with Crippen LogP contribution in [-0.4, -0.2) is 54.0 Å². The predicted octanol–water partition coefficient (Wildman–Crippen LogP) is 6.04. The molecule has 184 valence electrons. The molecule has 0 unspecified atom stereocenters. The molecule has 1 aliphatic heterocycles. The Labute approximate surface area is 216 Å². The van der Waals surface area contributed by atoms with Gasteiger partial charge in [0.1, 0.15) is 5.65 Å². The number of pyridine rings is 1. The molecule has 0 bridgehead atoms. The van der Waals surface area contributed by atoms with Crippen LogP contribution < -0.4 is 10.2 Å². The van der Waals surface area contributed by atoms with E-state index in [0.717, 1.165) is 76.4 Å². The van der Waals surface area contributed by atoms with Crippen LogP contribution in [0.25, 0.3) is 33.4 Å². The van der Waals surface area contributed by atoms with Crippen LogP contribution in [0.15, 0.2) is 61.3 Å². The maximum Gasteiger partial charge on any atom is 0.247 e. The fourth-order valence-corrected chi connectivity index (χ4v) is 5.04. The number of benzene rings is 2. The molecule has 0 atom stereocenters. The lowest BCUT2D eigenvalue weighted by atomic mass is 9.94. The number of anilines is 2. The number of halogens is 1. The van der Waals surface area contributed by atoms with Crippen LogP contribution in [0.1, 0.15) is 11.1 Å². The number of amides is 1. The van der Waals surface area contributed by atoms with E-state index in [-0.39, 0.29) is 5.91 Å². The first-order valence-corrected chi connectivity index (χ1v) is 12.5. The second kappa shape index (κ2) is 9.80. The van der Waals surface area contributed by atoms with Crippen molar-refractivity contribution in [3.05, 3.63) is 77.5 Å². The van der Waals surface area contributed by atoms with Crippen LogP contribution in [0.4, 0.5) is 11.4 Å².